The lowest BCUT2D eigenvalue weighted by Gasteiger charge is -2.46. The van der Waals surface area contributed by atoms with Gasteiger partial charge in [-0.3, -0.25) is 9.59 Å². The number of carbonyl (C=O) groups excluding carboxylic acids is 1. The van der Waals surface area contributed by atoms with Crippen molar-refractivity contribution in [2.24, 2.45) is 5.92 Å². The zero-order valence-corrected chi connectivity index (χ0v) is 19.0. The molecule has 1 amide bonds. The Kier molecular flexibility index (Phi) is 6.60. The second-order valence-corrected chi connectivity index (χ2v) is 8.85. The number of likely N-dealkylation sites (tertiary alicyclic amines) is 1. The molecule has 4 rings (SSSR count). The number of H-pyrrole nitrogens is 1. The van der Waals surface area contributed by atoms with Crippen LogP contribution in [0.2, 0.25) is 0 Å². The van der Waals surface area contributed by atoms with Crippen LogP contribution in [0.25, 0.3) is 11.1 Å². The van der Waals surface area contributed by atoms with Crippen molar-refractivity contribution in [3.63, 3.8) is 0 Å². The van der Waals surface area contributed by atoms with Crippen LogP contribution >= 0.6 is 0 Å². The van der Waals surface area contributed by atoms with Crippen LogP contribution in [0.1, 0.15) is 12.8 Å². The van der Waals surface area contributed by atoms with Crippen molar-refractivity contribution in [1.82, 2.24) is 19.8 Å². The minimum Gasteiger partial charge on any atom is -0.481 e. The Morgan fingerprint density at radius 2 is 2.06 bits per heavy atom. The third kappa shape index (κ3) is 5.19. The maximum absolute atomic E-state index is 12.8. The number of amides is 1. The van der Waals surface area contributed by atoms with Gasteiger partial charge in [-0.2, -0.15) is 0 Å². The number of aromatic nitrogens is 2. The van der Waals surface area contributed by atoms with Gasteiger partial charge in [0, 0.05) is 56.3 Å². The monoisotopic (exact) mass is 437 g/mol. The van der Waals surface area contributed by atoms with Gasteiger partial charge in [-0.15, -0.1) is 0 Å². The molecule has 0 spiro atoms. The van der Waals surface area contributed by atoms with Crippen LogP contribution in [0.4, 0.5) is 5.69 Å². The molecule has 2 fully saturated rings. The number of carbonyl (C=O) groups is 1. The average Bonchev–Trinajstić information content (AvgIpc) is 3.56. The van der Waals surface area contributed by atoms with Crippen LogP contribution in [-0.2, 0) is 4.79 Å². The topological polar surface area (TPSA) is 81.8 Å². The minimum absolute atomic E-state index is 0.0287. The fraction of sp³-hybridized carbons (Fsp3) is 0.458. The lowest BCUT2D eigenvalue weighted by molar-refractivity contribution is -0.130. The minimum atomic E-state index is -0.105. The van der Waals surface area contributed by atoms with Gasteiger partial charge in [-0.05, 0) is 50.6 Å². The molecule has 1 N–H and O–H groups in total. The summed E-state index contributed by atoms with van der Waals surface area (Å²) in [5.41, 5.74) is 2.38. The number of anilines is 1. The number of hydrogen-bond donors (Lipinski definition) is 1. The van der Waals surface area contributed by atoms with Crippen molar-refractivity contribution < 1.29 is 9.53 Å². The van der Waals surface area contributed by atoms with Crippen molar-refractivity contribution >= 4 is 11.6 Å². The molecule has 3 heterocycles. The van der Waals surface area contributed by atoms with Gasteiger partial charge in [0.05, 0.1) is 13.2 Å². The summed E-state index contributed by atoms with van der Waals surface area (Å²) in [6.07, 6.45) is 9.33. The van der Waals surface area contributed by atoms with E-state index in [-0.39, 0.29) is 17.5 Å². The highest BCUT2D eigenvalue weighted by molar-refractivity contribution is 5.88. The molecule has 2 aromatic rings. The number of methoxy groups -OCH3 is 1. The van der Waals surface area contributed by atoms with Crippen LogP contribution < -0.4 is 15.2 Å². The quantitative estimate of drug-likeness (QED) is 0.605. The number of rotatable bonds is 9. The molecule has 32 heavy (non-hydrogen) atoms. The number of nitrogens with one attached hydrogen (secondary N) is 1. The number of likely N-dealkylation sites (N-methyl/N-ethyl adjacent to an activating group) is 1. The van der Waals surface area contributed by atoms with E-state index in [0.717, 1.165) is 24.2 Å². The van der Waals surface area contributed by atoms with Crippen LogP contribution in [0, 0.1) is 5.92 Å². The Bertz CT molecular complexity index is 1040. The third-order valence-electron chi connectivity index (χ3n) is 5.97. The smallest absolute Gasteiger partial charge is 0.271 e. The van der Waals surface area contributed by atoms with E-state index < -0.39 is 0 Å². The summed E-state index contributed by atoms with van der Waals surface area (Å²) in [4.78, 5) is 38.3. The number of pyridine rings is 2. The molecule has 170 valence electrons. The van der Waals surface area contributed by atoms with E-state index in [4.69, 9.17) is 4.74 Å². The van der Waals surface area contributed by atoms with Gasteiger partial charge >= 0.3 is 0 Å². The number of nitrogens with zero attached hydrogens (tertiary/aromatic N) is 4. The first-order valence-corrected chi connectivity index (χ1v) is 11.0. The van der Waals surface area contributed by atoms with E-state index in [0.29, 0.717) is 30.6 Å². The Morgan fingerprint density at radius 1 is 1.28 bits per heavy atom. The summed E-state index contributed by atoms with van der Waals surface area (Å²) in [6.45, 7) is 2.84. The standard InChI is InChI=1S/C24H31N5O3/c1-27(2)10-4-5-23(30)28-15-20(16-28)29(14-17-6-7-17)21-11-19(13-26-24(21)31)18-8-9-25-22(12-18)32-3/h4-5,8-9,11-13,17,20H,6-7,10,14-16H2,1-3H3,(H,26,31)/b5-4+. The first kappa shape index (κ1) is 22.1. The largest absolute Gasteiger partial charge is 0.481 e. The zero-order chi connectivity index (χ0) is 22.7. The maximum Gasteiger partial charge on any atom is 0.271 e. The normalized spacial score (nSPS) is 16.4. The highest BCUT2D eigenvalue weighted by Gasteiger charge is 2.37. The van der Waals surface area contributed by atoms with E-state index in [1.54, 1.807) is 25.6 Å². The maximum atomic E-state index is 12.8. The SMILES string of the molecule is COc1cc(-c2c[nH]c(=O)c(N(CC3CC3)C3CN(C(=O)/C=C/CN(C)C)C3)c2)ccn1. The van der Waals surface area contributed by atoms with Crippen LogP contribution in [0.15, 0.2) is 47.5 Å². The molecule has 1 aliphatic carbocycles. The van der Waals surface area contributed by atoms with Crippen molar-refractivity contribution in [3.05, 3.63) is 53.1 Å². The average molecular weight is 438 g/mol. The molecular weight excluding hydrogens is 406 g/mol. The van der Waals surface area contributed by atoms with Gasteiger partial charge in [-0.25, -0.2) is 4.98 Å². The van der Waals surface area contributed by atoms with E-state index in [1.807, 2.05) is 48.2 Å². The van der Waals surface area contributed by atoms with Gasteiger partial charge in [0.15, 0.2) is 0 Å². The zero-order valence-electron chi connectivity index (χ0n) is 19.0. The Labute approximate surface area is 188 Å². The molecule has 0 aromatic carbocycles. The van der Waals surface area contributed by atoms with Gasteiger partial charge in [0.2, 0.25) is 11.8 Å². The van der Waals surface area contributed by atoms with Crippen LogP contribution in [-0.4, -0.2) is 79.1 Å². The van der Waals surface area contributed by atoms with Crippen LogP contribution in [0.3, 0.4) is 0 Å². The first-order chi connectivity index (χ1) is 15.4. The van der Waals surface area contributed by atoms with Gasteiger partial charge in [0.25, 0.3) is 5.56 Å². The number of aromatic amines is 1. The first-order valence-electron chi connectivity index (χ1n) is 11.0. The highest BCUT2D eigenvalue weighted by Crippen LogP contribution is 2.34. The van der Waals surface area contributed by atoms with E-state index >= 15 is 0 Å². The number of hydrogen-bond acceptors (Lipinski definition) is 6. The molecule has 8 nitrogen and oxygen atoms in total. The molecule has 0 bridgehead atoms. The molecule has 1 saturated heterocycles. The predicted octanol–water partition coefficient (Wildman–Crippen LogP) is 1.99. The molecule has 8 heteroatoms. The molecule has 0 atom stereocenters. The van der Waals surface area contributed by atoms with Crippen molar-refractivity contribution in [1.29, 1.82) is 0 Å². The lowest BCUT2D eigenvalue weighted by Crippen LogP contribution is -2.62. The van der Waals surface area contributed by atoms with Crippen molar-refractivity contribution in [2.45, 2.75) is 18.9 Å². The summed E-state index contributed by atoms with van der Waals surface area (Å²) < 4.78 is 5.24. The van der Waals surface area contributed by atoms with Crippen LogP contribution in [0.5, 0.6) is 5.88 Å². The Morgan fingerprint density at radius 3 is 2.75 bits per heavy atom. The fourth-order valence-corrected chi connectivity index (χ4v) is 3.88. The molecule has 2 aromatic heterocycles. The van der Waals surface area contributed by atoms with E-state index in [9.17, 15) is 9.59 Å². The van der Waals surface area contributed by atoms with E-state index in [2.05, 4.69) is 14.9 Å². The molecule has 1 aliphatic heterocycles. The summed E-state index contributed by atoms with van der Waals surface area (Å²) >= 11 is 0. The highest BCUT2D eigenvalue weighted by atomic mass is 16.5. The third-order valence-corrected chi connectivity index (χ3v) is 5.97. The Balaban J connectivity index is 1.52. The second kappa shape index (κ2) is 9.56. The fourth-order valence-electron chi connectivity index (χ4n) is 3.88. The summed E-state index contributed by atoms with van der Waals surface area (Å²) in [5.74, 6) is 1.17. The van der Waals surface area contributed by atoms with Gasteiger partial charge in [-0.1, -0.05) is 6.08 Å². The van der Waals surface area contributed by atoms with Gasteiger partial charge in [0.1, 0.15) is 5.69 Å². The second-order valence-electron chi connectivity index (χ2n) is 8.85. The number of ether oxygens (including phenoxy) is 1. The molecule has 0 radical (unpaired) electrons. The molecule has 0 unspecified atom stereocenters. The summed E-state index contributed by atoms with van der Waals surface area (Å²) in [5, 5.41) is 0. The molecular formula is C24H31N5O3. The van der Waals surface area contributed by atoms with E-state index in [1.165, 1.54) is 12.8 Å². The van der Waals surface area contributed by atoms with Crippen molar-refractivity contribution in [2.75, 3.05) is 52.3 Å². The Hall–Kier alpha value is -3.13. The molecule has 2 aliphatic rings. The lowest BCUT2D eigenvalue weighted by atomic mass is 10.0. The summed E-state index contributed by atoms with van der Waals surface area (Å²) in [6, 6.07) is 5.84. The summed E-state index contributed by atoms with van der Waals surface area (Å²) in [7, 11) is 5.52. The van der Waals surface area contributed by atoms with Crippen molar-refractivity contribution in [3.8, 4) is 17.0 Å². The predicted molar refractivity (Wildman–Crippen MR) is 125 cm³/mol. The molecule has 1 saturated carbocycles. The van der Waals surface area contributed by atoms with Gasteiger partial charge < -0.3 is 24.4 Å².